The van der Waals surface area contributed by atoms with E-state index in [1.807, 2.05) is 30.3 Å². The lowest BCUT2D eigenvalue weighted by atomic mass is 10.1. The molecule has 27 heavy (non-hydrogen) atoms. The van der Waals surface area contributed by atoms with Crippen LogP contribution in [0, 0.1) is 0 Å². The second-order valence-corrected chi connectivity index (χ2v) is 6.35. The van der Waals surface area contributed by atoms with E-state index in [9.17, 15) is 14.7 Å². The molecular weight excluding hydrogens is 391 g/mol. The summed E-state index contributed by atoms with van der Waals surface area (Å²) in [5.74, 6) is -0.662. The zero-order valence-corrected chi connectivity index (χ0v) is 15.4. The van der Waals surface area contributed by atoms with Gasteiger partial charge in [-0.1, -0.05) is 65.7 Å². The van der Waals surface area contributed by atoms with Gasteiger partial charge in [0.1, 0.15) is 18.9 Å². The Bertz CT molecular complexity index is 1040. The van der Waals surface area contributed by atoms with Crippen LogP contribution in [0.4, 0.5) is 0 Å². The largest absolute Gasteiger partial charge is 0.508 e. The van der Waals surface area contributed by atoms with Gasteiger partial charge in [0.15, 0.2) is 10.3 Å². The minimum Gasteiger partial charge on any atom is -0.508 e. The Balaban J connectivity index is 1.92. The fourth-order valence-corrected chi connectivity index (χ4v) is 3.03. The van der Waals surface area contributed by atoms with E-state index in [0.717, 1.165) is 10.1 Å². The molecule has 0 bridgehead atoms. The summed E-state index contributed by atoms with van der Waals surface area (Å²) in [6, 6.07) is 15.2. The van der Waals surface area contributed by atoms with Crippen molar-refractivity contribution in [3.05, 3.63) is 80.8 Å². The molecule has 0 fully saturated rings. The van der Waals surface area contributed by atoms with Crippen LogP contribution in [0.25, 0.3) is 11.3 Å². The number of carbonyl (C=O) groups is 1. The first kappa shape index (κ1) is 18.9. The van der Waals surface area contributed by atoms with Gasteiger partial charge in [-0.05, 0) is 17.7 Å². The van der Waals surface area contributed by atoms with Gasteiger partial charge in [0.25, 0.3) is 5.56 Å². The highest BCUT2D eigenvalue weighted by Gasteiger charge is 2.19. The molecule has 2 aromatic carbocycles. The molecule has 3 aromatic rings. The summed E-state index contributed by atoms with van der Waals surface area (Å²) in [5, 5.41) is 9.27. The van der Waals surface area contributed by atoms with E-state index in [4.69, 9.17) is 27.9 Å². The highest BCUT2D eigenvalue weighted by molar-refractivity contribution is 6.33. The number of phenolic OH excluding ortho intramolecular Hbond substituents is 1. The molecule has 6 nitrogen and oxygen atoms in total. The minimum absolute atomic E-state index is 0.0239. The van der Waals surface area contributed by atoms with Crippen LogP contribution in [0.1, 0.15) is 5.56 Å². The smallest absolute Gasteiger partial charge is 0.326 e. The second-order valence-electron chi connectivity index (χ2n) is 5.63. The molecular formula is C19H14Cl2N2O4. The Kier molecular flexibility index (Phi) is 5.78. The molecule has 0 amide bonds. The zero-order valence-electron chi connectivity index (χ0n) is 13.9. The van der Waals surface area contributed by atoms with E-state index < -0.39 is 18.1 Å². The van der Waals surface area contributed by atoms with Crippen molar-refractivity contribution in [2.24, 2.45) is 0 Å². The van der Waals surface area contributed by atoms with Gasteiger partial charge in [-0.25, -0.2) is 4.98 Å². The number of hydrogen-bond acceptors (Lipinski definition) is 5. The number of halogens is 2. The molecule has 0 aliphatic carbocycles. The molecule has 0 saturated carbocycles. The van der Waals surface area contributed by atoms with Gasteiger partial charge in [0, 0.05) is 5.56 Å². The Morgan fingerprint density at radius 2 is 1.81 bits per heavy atom. The number of phenols is 1. The maximum Gasteiger partial charge on any atom is 0.326 e. The second kappa shape index (κ2) is 8.24. The molecule has 0 aliphatic heterocycles. The number of benzene rings is 2. The number of hydrogen-bond donors (Lipinski definition) is 1. The third-order valence-electron chi connectivity index (χ3n) is 3.73. The quantitative estimate of drug-likeness (QED) is 0.656. The average molecular weight is 405 g/mol. The lowest BCUT2D eigenvalue weighted by molar-refractivity contribution is -0.145. The SMILES string of the molecule is O=C(Cn1c(-c2cccc(O)c2)c(Cl)nc(Cl)c1=O)OCc1ccccc1. The average Bonchev–Trinajstić information content (AvgIpc) is 2.65. The summed E-state index contributed by atoms with van der Waals surface area (Å²) in [6.45, 7) is -0.332. The maximum absolute atomic E-state index is 12.4. The fraction of sp³-hybridized carbons (Fsp3) is 0.105. The van der Waals surface area contributed by atoms with Gasteiger partial charge in [0.05, 0.1) is 5.69 Å². The van der Waals surface area contributed by atoms with Crippen molar-refractivity contribution in [2.75, 3.05) is 0 Å². The number of ether oxygens (including phenoxy) is 1. The van der Waals surface area contributed by atoms with Crippen LogP contribution < -0.4 is 5.56 Å². The summed E-state index contributed by atoms with van der Waals surface area (Å²) in [7, 11) is 0. The van der Waals surface area contributed by atoms with E-state index >= 15 is 0 Å². The predicted molar refractivity (Wildman–Crippen MR) is 102 cm³/mol. The van der Waals surface area contributed by atoms with E-state index in [-0.39, 0.29) is 28.4 Å². The number of esters is 1. The first-order valence-electron chi connectivity index (χ1n) is 7.90. The van der Waals surface area contributed by atoms with Gasteiger partial charge >= 0.3 is 5.97 Å². The summed E-state index contributed by atoms with van der Waals surface area (Å²) >= 11 is 12.0. The van der Waals surface area contributed by atoms with Crippen molar-refractivity contribution in [2.45, 2.75) is 13.2 Å². The van der Waals surface area contributed by atoms with E-state index in [0.29, 0.717) is 5.56 Å². The molecule has 1 aromatic heterocycles. The number of aromatic nitrogens is 2. The van der Waals surface area contributed by atoms with E-state index in [1.54, 1.807) is 12.1 Å². The molecule has 0 atom stereocenters. The summed E-state index contributed by atoms with van der Waals surface area (Å²) in [4.78, 5) is 28.5. The lowest BCUT2D eigenvalue weighted by Crippen LogP contribution is -2.28. The van der Waals surface area contributed by atoms with Crippen LogP contribution in [0.15, 0.2) is 59.4 Å². The van der Waals surface area contributed by atoms with Gasteiger partial charge in [-0.2, -0.15) is 0 Å². The van der Waals surface area contributed by atoms with Crippen molar-refractivity contribution in [1.29, 1.82) is 0 Å². The molecule has 0 spiro atoms. The number of rotatable bonds is 5. The summed E-state index contributed by atoms with van der Waals surface area (Å²) in [5.41, 5.74) is 0.712. The molecule has 0 saturated heterocycles. The Hall–Kier alpha value is -2.83. The Morgan fingerprint density at radius 3 is 2.52 bits per heavy atom. The van der Waals surface area contributed by atoms with E-state index in [1.165, 1.54) is 12.1 Å². The molecule has 1 N–H and O–H groups in total. The Labute approximate surface area is 164 Å². The van der Waals surface area contributed by atoms with Crippen molar-refractivity contribution in [3.8, 4) is 17.0 Å². The number of aromatic hydroxyl groups is 1. The fourth-order valence-electron chi connectivity index (χ4n) is 2.50. The van der Waals surface area contributed by atoms with Crippen LogP contribution >= 0.6 is 23.2 Å². The van der Waals surface area contributed by atoms with Gasteiger partial charge in [-0.3, -0.25) is 14.2 Å². The molecule has 0 aliphatic rings. The number of nitrogens with zero attached hydrogens (tertiary/aromatic N) is 2. The van der Waals surface area contributed by atoms with Gasteiger partial charge < -0.3 is 9.84 Å². The third kappa shape index (κ3) is 4.48. The van der Waals surface area contributed by atoms with Crippen molar-refractivity contribution >= 4 is 29.2 Å². The van der Waals surface area contributed by atoms with Crippen LogP contribution in [-0.2, 0) is 22.7 Å². The number of carbonyl (C=O) groups excluding carboxylic acids is 1. The van der Waals surface area contributed by atoms with Crippen LogP contribution in [0.2, 0.25) is 10.3 Å². The Morgan fingerprint density at radius 1 is 1.07 bits per heavy atom. The first-order valence-corrected chi connectivity index (χ1v) is 8.66. The first-order chi connectivity index (χ1) is 13.0. The lowest BCUT2D eigenvalue weighted by Gasteiger charge is -2.14. The van der Waals surface area contributed by atoms with Crippen LogP contribution in [-0.4, -0.2) is 20.6 Å². The maximum atomic E-state index is 12.4. The molecule has 0 radical (unpaired) electrons. The van der Waals surface area contributed by atoms with Crippen LogP contribution in [0.3, 0.4) is 0 Å². The molecule has 3 rings (SSSR count). The standard InChI is InChI=1S/C19H14Cl2N2O4/c20-17-16(13-7-4-8-14(24)9-13)23(19(26)18(21)22-17)10-15(25)27-11-12-5-2-1-3-6-12/h1-9,24H,10-11H2. The van der Waals surface area contributed by atoms with Gasteiger partial charge in [-0.15, -0.1) is 0 Å². The normalized spacial score (nSPS) is 10.6. The molecule has 138 valence electrons. The highest BCUT2D eigenvalue weighted by Crippen LogP contribution is 2.28. The minimum atomic E-state index is -0.684. The third-order valence-corrected chi connectivity index (χ3v) is 4.24. The monoisotopic (exact) mass is 404 g/mol. The predicted octanol–water partition coefficient (Wildman–Crippen LogP) is 3.67. The van der Waals surface area contributed by atoms with Crippen molar-refractivity contribution in [3.63, 3.8) is 0 Å². The zero-order chi connectivity index (χ0) is 19.4. The topological polar surface area (TPSA) is 81.4 Å². The van der Waals surface area contributed by atoms with Gasteiger partial charge in [0.2, 0.25) is 0 Å². The molecule has 8 heteroatoms. The van der Waals surface area contributed by atoms with E-state index in [2.05, 4.69) is 4.98 Å². The summed E-state index contributed by atoms with van der Waals surface area (Å²) in [6.07, 6.45) is 0. The van der Waals surface area contributed by atoms with Crippen LogP contribution in [0.5, 0.6) is 5.75 Å². The van der Waals surface area contributed by atoms with Crippen molar-refractivity contribution in [1.82, 2.24) is 9.55 Å². The molecule has 1 heterocycles. The highest BCUT2D eigenvalue weighted by atomic mass is 35.5. The molecule has 0 unspecified atom stereocenters. The van der Waals surface area contributed by atoms with Crippen molar-refractivity contribution < 1.29 is 14.6 Å². The summed E-state index contributed by atoms with van der Waals surface area (Å²) < 4.78 is 6.31.